The average Bonchev–Trinajstić information content (AvgIpc) is 2.83. The lowest BCUT2D eigenvalue weighted by atomic mass is 9.95. The van der Waals surface area contributed by atoms with Gasteiger partial charge in [-0.3, -0.25) is 19.7 Å². The molecule has 158 valence electrons. The Kier molecular flexibility index (Phi) is 6.07. The number of fused-ring (bicyclic) bond motifs is 2. The van der Waals surface area contributed by atoms with Crippen molar-refractivity contribution in [3.8, 4) is 5.75 Å². The molecule has 0 spiro atoms. The summed E-state index contributed by atoms with van der Waals surface area (Å²) in [5.41, 5.74) is 0.847. The van der Waals surface area contributed by atoms with Crippen molar-refractivity contribution in [1.82, 2.24) is 0 Å². The van der Waals surface area contributed by atoms with E-state index in [1.54, 1.807) is 19.2 Å². The van der Waals surface area contributed by atoms with Crippen molar-refractivity contribution in [2.45, 2.75) is 63.3 Å². The molecule has 2 saturated heterocycles. The number of hydrogen-bond donors (Lipinski definition) is 1. The van der Waals surface area contributed by atoms with E-state index in [9.17, 15) is 19.7 Å². The number of nitro benzene ring substituents is 1. The number of nitro groups is 1. The van der Waals surface area contributed by atoms with Crippen molar-refractivity contribution >= 4 is 17.6 Å². The third-order valence-electron chi connectivity index (χ3n) is 6.40. The van der Waals surface area contributed by atoms with Gasteiger partial charge in [0, 0.05) is 37.8 Å². The standard InChI is InChI=1S/C20H26N2O7/c1-22(12-13-9-14(21(26)27)3-6-18(13)28-2)15-4-5-16(22)11-17(10-15)29-20(25)8-7-19(23)24/h3,6,9,15-17H,4-5,7-8,10-12H2,1-2H3/p+1/t15-,16+,17?,22?. The Hall–Kier alpha value is -2.68. The zero-order chi connectivity index (χ0) is 21.2. The maximum absolute atomic E-state index is 11.9. The summed E-state index contributed by atoms with van der Waals surface area (Å²) in [6.07, 6.45) is 2.89. The highest BCUT2D eigenvalue weighted by molar-refractivity contribution is 5.76. The van der Waals surface area contributed by atoms with Gasteiger partial charge < -0.3 is 19.1 Å². The van der Waals surface area contributed by atoms with Crippen molar-refractivity contribution in [2.24, 2.45) is 0 Å². The molecule has 0 radical (unpaired) electrons. The second-order valence-corrected chi connectivity index (χ2v) is 8.12. The molecule has 3 rings (SSSR count). The van der Waals surface area contributed by atoms with Crippen LogP contribution in [0.15, 0.2) is 18.2 Å². The molecule has 0 amide bonds. The highest BCUT2D eigenvalue weighted by Crippen LogP contribution is 2.44. The molecular formula is C20H27N2O7+. The van der Waals surface area contributed by atoms with E-state index in [4.69, 9.17) is 14.6 Å². The molecule has 2 aliphatic rings. The molecule has 0 saturated carbocycles. The molecule has 9 nitrogen and oxygen atoms in total. The molecule has 1 N–H and O–H groups in total. The minimum atomic E-state index is -1.01. The number of rotatable bonds is 8. The van der Waals surface area contributed by atoms with Crippen molar-refractivity contribution < 1.29 is 33.6 Å². The lowest BCUT2D eigenvalue weighted by molar-refractivity contribution is -0.961. The second-order valence-electron chi connectivity index (χ2n) is 8.12. The summed E-state index contributed by atoms with van der Waals surface area (Å²) < 4.78 is 11.7. The van der Waals surface area contributed by atoms with E-state index in [1.807, 2.05) is 0 Å². The Balaban J connectivity index is 1.71. The molecule has 29 heavy (non-hydrogen) atoms. The van der Waals surface area contributed by atoms with Crippen LogP contribution >= 0.6 is 0 Å². The zero-order valence-corrected chi connectivity index (χ0v) is 16.7. The Bertz CT molecular complexity index is 796. The number of esters is 1. The fourth-order valence-electron chi connectivity index (χ4n) is 4.87. The highest BCUT2D eigenvalue weighted by Gasteiger charge is 2.52. The van der Waals surface area contributed by atoms with E-state index in [2.05, 4.69) is 7.05 Å². The molecule has 2 bridgehead atoms. The predicted octanol–water partition coefficient (Wildman–Crippen LogP) is 2.65. The summed E-state index contributed by atoms with van der Waals surface area (Å²) in [5, 5.41) is 19.9. The van der Waals surface area contributed by atoms with Crippen molar-refractivity contribution in [2.75, 3.05) is 14.2 Å². The Morgan fingerprint density at radius 2 is 1.90 bits per heavy atom. The SMILES string of the molecule is COc1ccc([N+](=O)[O-])cc1C[N+]1(C)[C@@H]2CC[C@H]1CC(OC(=O)CCC(=O)O)C2. The molecule has 2 unspecified atom stereocenters. The third kappa shape index (κ3) is 4.50. The van der Waals surface area contributed by atoms with Crippen LogP contribution in [0.3, 0.4) is 0 Å². The quantitative estimate of drug-likeness (QED) is 0.305. The van der Waals surface area contributed by atoms with Gasteiger partial charge in [0.25, 0.3) is 5.69 Å². The van der Waals surface area contributed by atoms with Gasteiger partial charge in [-0.25, -0.2) is 0 Å². The number of carbonyl (C=O) groups excluding carboxylic acids is 1. The number of hydrogen-bond acceptors (Lipinski definition) is 6. The van der Waals surface area contributed by atoms with Crippen LogP contribution in [-0.2, 0) is 20.9 Å². The van der Waals surface area contributed by atoms with Crippen LogP contribution in [0.5, 0.6) is 5.75 Å². The van der Waals surface area contributed by atoms with E-state index >= 15 is 0 Å². The van der Waals surface area contributed by atoms with Crippen molar-refractivity contribution in [1.29, 1.82) is 0 Å². The van der Waals surface area contributed by atoms with E-state index in [0.717, 1.165) is 22.9 Å². The fraction of sp³-hybridized carbons (Fsp3) is 0.600. The van der Waals surface area contributed by atoms with Gasteiger partial charge in [-0.15, -0.1) is 0 Å². The summed E-state index contributed by atoms with van der Waals surface area (Å²) in [7, 11) is 3.71. The first-order chi connectivity index (χ1) is 13.7. The van der Waals surface area contributed by atoms with Crippen LogP contribution in [0.4, 0.5) is 5.69 Å². The second kappa shape index (κ2) is 8.36. The summed E-state index contributed by atoms with van der Waals surface area (Å²) in [5.74, 6) is -0.842. The van der Waals surface area contributed by atoms with Gasteiger partial charge in [-0.2, -0.15) is 0 Å². The summed E-state index contributed by atoms with van der Waals surface area (Å²) in [4.78, 5) is 33.3. The maximum Gasteiger partial charge on any atom is 0.306 e. The Morgan fingerprint density at radius 1 is 1.24 bits per heavy atom. The van der Waals surface area contributed by atoms with E-state index in [1.165, 1.54) is 6.07 Å². The van der Waals surface area contributed by atoms with Gasteiger partial charge in [0.2, 0.25) is 0 Å². The van der Waals surface area contributed by atoms with Gasteiger partial charge >= 0.3 is 11.9 Å². The Labute approximate surface area is 168 Å². The Morgan fingerprint density at radius 3 is 2.45 bits per heavy atom. The molecule has 2 aliphatic heterocycles. The first-order valence-electron chi connectivity index (χ1n) is 9.80. The molecule has 0 aliphatic carbocycles. The lowest BCUT2D eigenvalue weighted by Gasteiger charge is -2.47. The number of carbonyl (C=O) groups is 2. The largest absolute Gasteiger partial charge is 0.496 e. The van der Waals surface area contributed by atoms with Gasteiger partial charge in [0.05, 0.1) is 49.6 Å². The highest BCUT2D eigenvalue weighted by atomic mass is 16.6. The van der Waals surface area contributed by atoms with E-state index in [-0.39, 0.29) is 36.7 Å². The molecule has 9 heteroatoms. The number of aliphatic carboxylic acids is 1. The van der Waals surface area contributed by atoms with Crippen LogP contribution in [-0.4, -0.2) is 58.8 Å². The van der Waals surface area contributed by atoms with Crippen LogP contribution < -0.4 is 4.74 Å². The number of carboxylic acids is 1. The van der Waals surface area contributed by atoms with Gasteiger partial charge in [0.1, 0.15) is 18.4 Å². The monoisotopic (exact) mass is 407 g/mol. The number of benzene rings is 1. The van der Waals surface area contributed by atoms with Crippen LogP contribution in [0.1, 0.15) is 44.1 Å². The summed E-state index contributed by atoms with van der Waals surface area (Å²) >= 11 is 0. The molecule has 4 atom stereocenters. The number of nitrogens with zero attached hydrogens (tertiary/aromatic N) is 2. The van der Waals surface area contributed by atoms with Gasteiger partial charge in [0.15, 0.2) is 0 Å². The zero-order valence-electron chi connectivity index (χ0n) is 16.7. The molecular weight excluding hydrogens is 380 g/mol. The van der Waals surface area contributed by atoms with Crippen molar-refractivity contribution in [3.63, 3.8) is 0 Å². The van der Waals surface area contributed by atoms with E-state index < -0.39 is 16.9 Å². The third-order valence-corrected chi connectivity index (χ3v) is 6.40. The smallest absolute Gasteiger partial charge is 0.306 e. The number of quaternary nitrogens is 1. The van der Waals surface area contributed by atoms with E-state index in [0.29, 0.717) is 25.1 Å². The number of carboxylic acid groups (broad SMARTS) is 1. The summed E-state index contributed by atoms with van der Waals surface area (Å²) in [6.45, 7) is 0.611. The number of non-ortho nitro benzene ring substituents is 1. The summed E-state index contributed by atoms with van der Waals surface area (Å²) in [6, 6.07) is 5.21. The average molecular weight is 407 g/mol. The van der Waals surface area contributed by atoms with Crippen LogP contribution in [0.25, 0.3) is 0 Å². The van der Waals surface area contributed by atoms with Gasteiger partial charge in [-0.05, 0) is 6.07 Å². The topological polar surface area (TPSA) is 116 Å². The first kappa shape index (κ1) is 21.0. The lowest BCUT2D eigenvalue weighted by Crippen LogP contribution is -2.58. The number of methoxy groups -OCH3 is 1. The van der Waals surface area contributed by atoms with Crippen LogP contribution in [0, 0.1) is 10.1 Å². The first-order valence-corrected chi connectivity index (χ1v) is 9.80. The normalized spacial score (nSPS) is 28.0. The number of piperidine rings is 1. The molecule has 1 aromatic rings. The van der Waals surface area contributed by atoms with Gasteiger partial charge in [-0.1, -0.05) is 0 Å². The molecule has 2 heterocycles. The van der Waals surface area contributed by atoms with Crippen molar-refractivity contribution in [3.05, 3.63) is 33.9 Å². The fourth-order valence-corrected chi connectivity index (χ4v) is 4.87. The minimum Gasteiger partial charge on any atom is -0.496 e. The predicted molar refractivity (Wildman–Crippen MR) is 102 cm³/mol. The number of ether oxygens (including phenoxy) is 2. The molecule has 1 aromatic carbocycles. The molecule has 2 fully saturated rings. The van der Waals surface area contributed by atoms with Crippen LogP contribution in [0.2, 0.25) is 0 Å². The maximum atomic E-state index is 11.9. The minimum absolute atomic E-state index is 0.0435. The molecule has 0 aromatic heterocycles.